The number of hydrogen-bond acceptors (Lipinski definition) is 4. The van der Waals surface area contributed by atoms with Gasteiger partial charge in [0.15, 0.2) is 0 Å². The SMILES string of the molecule is C=C/C(Nc1nc(OCC)c2cc[nH]c2n1)=C(/Cl)C(C)C. The standard InChI is InChI=1S/C15H19ClN4O/c1-5-11(12(16)9(3)4)18-15-19-13-10(7-8-17-13)14(20-15)21-6-2/h5,7-9H,1,6H2,2-4H3,(H2,17,18,19,20)/b12-11-. The second-order valence-corrected chi connectivity index (χ2v) is 5.18. The van der Waals surface area contributed by atoms with Crippen LogP contribution in [0.4, 0.5) is 5.95 Å². The van der Waals surface area contributed by atoms with E-state index in [0.717, 1.165) is 5.39 Å². The highest BCUT2D eigenvalue weighted by Gasteiger charge is 2.12. The Morgan fingerprint density at radius 1 is 1.52 bits per heavy atom. The molecule has 21 heavy (non-hydrogen) atoms. The number of nitrogens with one attached hydrogen (secondary N) is 2. The van der Waals surface area contributed by atoms with Crippen molar-refractivity contribution in [2.24, 2.45) is 5.92 Å². The van der Waals surface area contributed by atoms with Crippen molar-refractivity contribution in [2.45, 2.75) is 20.8 Å². The van der Waals surface area contributed by atoms with Gasteiger partial charge in [-0.1, -0.05) is 32.0 Å². The number of ether oxygens (including phenoxy) is 1. The van der Waals surface area contributed by atoms with Gasteiger partial charge < -0.3 is 15.0 Å². The second kappa shape index (κ2) is 6.63. The van der Waals surface area contributed by atoms with Crippen LogP contribution in [0.1, 0.15) is 20.8 Å². The van der Waals surface area contributed by atoms with Crippen molar-refractivity contribution in [3.63, 3.8) is 0 Å². The molecule has 2 aromatic heterocycles. The first kappa shape index (κ1) is 15.4. The minimum absolute atomic E-state index is 0.188. The van der Waals surface area contributed by atoms with Crippen LogP contribution in [0.25, 0.3) is 11.0 Å². The quantitative estimate of drug-likeness (QED) is 0.790. The topological polar surface area (TPSA) is 62.8 Å². The molecule has 0 aliphatic rings. The summed E-state index contributed by atoms with van der Waals surface area (Å²) in [6.07, 6.45) is 3.46. The van der Waals surface area contributed by atoms with E-state index in [0.29, 0.717) is 34.8 Å². The summed E-state index contributed by atoms with van der Waals surface area (Å²) in [4.78, 5) is 11.9. The number of H-pyrrole nitrogens is 1. The normalized spacial score (nSPS) is 12.4. The van der Waals surface area contributed by atoms with E-state index in [9.17, 15) is 0 Å². The third-order valence-electron chi connectivity index (χ3n) is 2.88. The molecule has 0 saturated heterocycles. The molecule has 0 amide bonds. The Balaban J connectivity index is 2.42. The molecule has 5 nitrogen and oxygen atoms in total. The Bertz CT molecular complexity index is 675. The van der Waals surface area contributed by atoms with Crippen LogP contribution in [0.2, 0.25) is 0 Å². The molecule has 0 aromatic carbocycles. The first-order chi connectivity index (χ1) is 10.1. The van der Waals surface area contributed by atoms with Gasteiger partial charge >= 0.3 is 0 Å². The van der Waals surface area contributed by atoms with Gasteiger partial charge in [-0.25, -0.2) is 0 Å². The highest BCUT2D eigenvalue weighted by atomic mass is 35.5. The summed E-state index contributed by atoms with van der Waals surface area (Å²) in [6, 6.07) is 1.88. The van der Waals surface area contributed by atoms with Crippen molar-refractivity contribution in [1.82, 2.24) is 15.0 Å². The Hall–Kier alpha value is -2.01. The van der Waals surface area contributed by atoms with Gasteiger partial charge in [0.25, 0.3) is 0 Å². The number of nitrogens with zero attached hydrogens (tertiary/aromatic N) is 2. The zero-order chi connectivity index (χ0) is 15.4. The molecule has 0 spiro atoms. The number of halogens is 1. The predicted molar refractivity (Wildman–Crippen MR) is 86.6 cm³/mol. The van der Waals surface area contributed by atoms with Crippen LogP contribution >= 0.6 is 11.6 Å². The number of hydrogen-bond donors (Lipinski definition) is 2. The molecule has 0 radical (unpaired) electrons. The fourth-order valence-corrected chi connectivity index (χ4v) is 1.98. The van der Waals surface area contributed by atoms with Crippen LogP contribution in [-0.2, 0) is 0 Å². The molecule has 0 aliphatic heterocycles. The van der Waals surface area contributed by atoms with E-state index in [1.54, 1.807) is 12.3 Å². The summed E-state index contributed by atoms with van der Waals surface area (Å²) in [5.41, 5.74) is 1.40. The Labute approximate surface area is 129 Å². The molecule has 2 N–H and O–H groups in total. The third kappa shape index (κ3) is 3.36. The predicted octanol–water partition coefficient (Wildman–Crippen LogP) is 4.06. The van der Waals surface area contributed by atoms with E-state index in [4.69, 9.17) is 16.3 Å². The van der Waals surface area contributed by atoms with Gasteiger partial charge in [0.05, 0.1) is 17.7 Å². The van der Waals surface area contributed by atoms with Crippen molar-refractivity contribution in [2.75, 3.05) is 11.9 Å². The zero-order valence-electron chi connectivity index (χ0n) is 12.4. The van der Waals surface area contributed by atoms with E-state index in [2.05, 4.69) is 26.8 Å². The van der Waals surface area contributed by atoms with Gasteiger partial charge in [0.1, 0.15) is 5.65 Å². The van der Waals surface area contributed by atoms with E-state index >= 15 is 0 Å². The monoisotopic (exact) mass is 306 g/mol. The van der Waals surface area contributed by atoms with Gasteiger partial charge in [-0.15, -0.1) is 0 Å². The fourth-order valence-electron chi connectivity index (χ4n) is 1.86. The van der Waals surface area contributed by atoms with E-state index in [1.165, 1.54) is 0 Å². The summed E-state index contributed by atoms with van der Waals surface area (Å²) in [6.45, 7) is 10.2. The molecule has 0 atom stereocenters. The minimum Gasteiger partial charge on any atom is -0.477 e. The molecule has 0 aliphatic carbocycles. The van der Waals surface area contributed by atoms with Gasteiger partial charge in [0.2, 0.25) is 11.8 Å². The summed E-state index contributed by atoms with van der Waals surface area (Å²) in [7, 11) is 0. The third-order valence-corrected chi connectivity index (χ3v) is 3.52. The largest absolute Gasteiger partial charge is 0.477 e. The van der Waals surface area contributed by atoms with Crippen LogP contribution in [0.3, 0.4) is 0 Å². The van der Waals surface area contributed by atoms with E-state index in [1.807, 2.05) is 26.8 Å². The second-order valence-electron chi connectivity index (χ2n) is 4.77. The highest BCUT2D eigenvalue weighted by Crippen LogP contribution is 2.25. The van der Waals surface area contributed by atoms with Crippen LogP contribution in [0, 0.1) is 5.92 Å². The molecule has 112 valence electrons. The Morgan fingerprint density at radius 3 is 2.90 bits per heavy atom. The summed E-state index contributed by atoms with van der Waals surface area (Å²) in [5, 5.41) is 4.63. The molecule has 0 saturated carbocycles. The van der Waals surface area contributed by atoms with Crippen LogP contribution in [0.5, 0.6) is 5.88 Å². The summed E-state index contributed by atoms with van der Waals surface area (Å²) in [5.74, 6) is 1.14. The van der Waals surface area contributed by atoms with Crippen LogP contribution in [-0.4, -0.2) is 21.6 Å². The minimum atomic E-state index is 0.188. The molecule has 2 aromatic rings. The lowest BCUT2D eigenvalue weighted by atomic mass is 10.2. The number of allylic oxidation sites excluding steroid dienone is 2. The lowest BCUT2D eigenvalue weighted by Gasteiger charge is -2.12. The lowest BCUT2D eigenvalue weighted by Crippen LogP contribution is -2.07. The number of fused-ring (bicyclic) bond motifs is 1. The fraction of sp³-hybridized carbons (Fsp3) is 0.333. The Morgan fingerprint density at radius 2 is 2.29 bits per heavy atom. The molecule has 2 heterocycles. The molecular weight excluding hydrogens is 288 g/mol. The summed E-state index contributed by atoms with van der Waals surface area (Å²) >= 11 is 6.28. The average molecular weight is 307 g/mol. The maximum absolute atomic E-state index is 6.28. The van der Waals surface area contributed by atoms with Crippen LogP contribution in [0.15, 0.2) is 35.6 Å². The first-order valence-corrected chi connectivity index (χ1v) is 7.21. The maximum Gasteiger partial charge on any atom is 0.232 e. The van der Waals surface area contributed by atoms with Crippen molar-refractivity contribution >= 4 is 28.6 Å². The molecular formula is C15H19ClN4O. The van der Waals surface area contributed by atoms with Gasteiger partial charge in [0, 0.05) is 11.2 Å². The number of aromatic nitrogens is 3. The number of rotatable bonds is 6. The maximum atomic E-state index is 6.28. The average Bonchev–Trinajstić information content (AvgIpc) is 2.92. The lowest BCUT2D eigenvalue weighted by molar-refractivity contribution is 0.331. The smallest absolute Gasteiger partial charge is 0.232 e. The summed E-state index contributed by atoms with van der Waals surface area (Å²) < 4.78 is 5.56. The highest BCUT2D eigenvalue weighted by molar-refractivity contribution is 6.30. The molecule has 0 fully saturated rings. The Kier molecular flexibility index (Phi) is 4.85. The molecule has 0 bridgehead atoms. The van der Waals surface area contributed by atoms with Crippen molar-refractivity contribution in [3.8, 4) is 5.88 Å². The van der Waals surface area contributed by atoms with Crippen molar-refractivity contribution in [1.29, 1.82) is 0 Å². The molecule has 6 heteroatoms. The zero-order valence-corrected chi connectivity index (χ0v) is 13.2. The number of aromatic amines is 1. The van der Waals surface area contributed by atoms with Gasteiger partial charge in [-0.05, 0) is 25.0 Å². The van der Waals surface area contributed by atoms with E-state index in [-0.39, 0.29) is 5.92 Å². The van der Waals surface area contributed by atoms with Crippen LogP contribution < -0.4 is 10.1 Å². The molecule has 0 unspecified atom stereocenters. The van der Waals surface area contributed by atoms with Crippen molar-refractivity contribution < 1.29 is 4.74 Å². The van der Waals surface area contributed by atoms with E-state index < -0.39 is 0 Å². The first-order valence-electron chi connectivity index (χ1n) is 6.83. The number of anilines is 1. The molecule has 2 rings (SSSR count). The van der Waals surface area contributed by atoms with Crippen molar-refractivity contribution in [3.05, 3.63) is 35.6 Å². The van der Waals surface area contributed by atoms with Gasteiger partial charge in [-0.2, -0.15) is 9.97 Å². The van der Waals surface area contributed by atoms with Gasteiger partial charge in [-0.3, -0.25) is 0 Å².